The minimum Gasteiger partial charge on any atom is -0.382 e. The van der Waals surface area contributed by atoms with Crippen molar-refractivity contribution in [2.75, 3.05) is 30.0 Å². The van der Waals surface area contributed by atoms with E-state index in [-0.39, 0.29) is 0 Å². The van der Waals surface area contributed by atoms with Gasteiger partial charge in [-0.3, -0.25) is 5.01 Å². The summed E-state index contributed by atoms with van der Waals surface area (Å²) in [5.74, 6) is 0.820. The monoisotopic (exact) mass is 421 g/mol. The first-order valence-electron chi connectivity index (χ1n) is 10.9. The molecule has 2 heterocycles. The number of nitrogens with zero attached hydrogens (tertiary/aromatic N) is 3. The zero-order chi connectivity index (χ0) is 20.3. The van der Waals surface area contributed by atoms with Gasteiger partial charge in [-0.05, 0) is 67.4 Å². The maximum atomic E-state index is 6.82. The van der Waals surface area contributed by atoms with Crippen molar-refractivity contribution in [1.29, 1.82) is 0 Å². The third-order valence-electron chi connectivity index (χ3n) is 6.00. The van der Waals surface area contributed by atoms with Gasteiger partial charge in [0.05, 0.1) is 35.3 Å². The summed E-state index contributed by atoms with van der Waals surface area (Å²) in [6.07, 6.45) is 8.64. The molecule has 5 nitrogen and oxygen atoms in total. The van der Waals surface area contributed by atoms with Crippen molar-refractivity contribution in [2.45, 2.75) is 32.2 Å². The smallest absolute Gasteiger partial charge is 0.0819 e. The first kappa shape index (κ1) is 19.5. The normalized spacial score (nSPS) is 16.0. The second-order valence-electron chi connectivity index (χ2n) is 8.30. The molecular weight excluding hydrogens is 394 g/mol. The number of aromatic nitrogens is 2. The van der Waals surface area contributed by atoms with Gasteiger partial charge in [-0.15, -0.1) is 0 Å². The Morgan fingerprint density at radius 1 is 1.10 bits per heavy atom. The van der Waals surface area contributed by atoms with E-state index in [1.807, 2.05) is 17.1 Å². The number of rotatable bonds is 7. The van der Waals surface area contributed by atoms with Crippen LogP contribution in [0.4, 0.5) is 11.4 Å². The van der Waals surface area contributed by atoms with Crippen LogP contribution in [-0.4, -0.2) is 29.5 Å². The maximum Gasteiger partial charge on any atom is 0.0819 e. The second kappa shape index (κ2) is 8.70. The van der Waals surface area contributed by atoms with E-state index in [1.165, 1.54) is 29.5 Å². The quantitative estimate of drug-likeness (QED) is 0.588. The molecule has 0 saturated heterocycles. The summed E-state index contributed by atoms with van der Waals surface area (Å²) >= 11 is 6.82. The van der Waals surface area contributed by atoms with Crippen LogP contribution in [0.25, 0.3) is 0 Å². The van der Waals surface area contributed by atoms with Gasteiger partial charge in [-0.2, -0.15) is 9.89 Å². The third-order valence-corrected chi connectivity index (χ3v) is 6.30. The van der Waals surface area contributed by atoms with Gasteiger partial charge < -0.3 is 10.6 Å². The highest BCUT2D eigenvalue weighted by molar-refractivity contribution is 6.33. The molecule has 1 saturated carbocycles. The number of anilines is 2. The molecule has 0 bridgehead atoms. The Bertz CT molecular complexity index is 996. The van der Waals surface area contributed by atoms with E-state index in [9.17, 15) is 0 Å². The van der Waals surface area contributed by atoms with Crippen LogP contribution in [-0.2, 0) is 19.4 Å². The first-order chi connectivity index (χ1) is 14.8. The summed E-state index contributed by atoms with van der Waals surface area (Å²) in [5, 5.41) is 14.7. The maximum absolute atomic E-state index is 6.82. The van der Waals surface area contributed by atoms with Crippen LogP contribution in [0.2, 0.25) is 5.02 Å². The molecule has 0 unspecified atom stereocenters. The topological polar surface area (TPSA) is 45.1 Å². The van der Waals surface area contributed by atoms with E-state index < -0.39 is 0 Å². The number of hydrogen-bond donors (Lipinski definition) is 2. The Hall–Kier alpha value is -2.50. The van der Waals surface area contributed by atoms with Crippen LogP contribution in [0.5, 0.6) is 0 Å². The highest BCUT2D eigenvalue weighted by atomic mass is 35.5. The van der Waals surface area contributed by atoms with Gasteiger partial charge in [0, 0.05) is 6.54 Å². The average Bonchev–Trinajstić information content (AvgIpc) is 3.53. The van der Waals surface area contributed by atoms with E-state index in [2.05, 4.69) is 58.2 Å². The zero-order valence-electron chi connectivity index (χ0n) is 17.1. The number of fused-ring (bicyclic) bond motifs is 1. The van der Waals surface area contributed by atoms with Crippen LogP contribution in [0, 0.1) is 5.92 Å². The molecular formula is C24H28ClN5. The fourth-order valence-corrected chi connectivity index (χ4v) is 4.41. The van der Waals surface area contributed by atoms with E-state index in [0.29, 0.717) is 6.54 Å². The fraction of sp³-hybridized carbons (Fsp3) is 0.375. The predicted molar refractivity (Wildman–Crippen MR) is 123 cm³/mol. The highest BCUT2D eigenvalue weighted by Crippen LogP contribution is 2.35. The Balaban J connectivity index is 1.53. The lowest BCUT2D eigenvalue weighted by atomic mass is 10.00. The molecule has 0 radical (unpaired) electrons. The fourth-order valence-electron chi connectivity index (χ4n) is 4.13. The summed E-state index contributed by atoms with van der Waals surface area (Å²) in [6, 6.07) is 14.7. The molecule has 1 aliphatic carbocycles. The molecule has 1 fully saturated rings. The molecule has 1 aromatic heterocycles. The SMILES string of the molecule is Clc1ccc2c(c1N(Cc1ccccc1)n1cc(NCC3CC3)cn1)CCNCC2. The van der Waals surface area contributed by atoms with Gasteiger partial charge in [0.15, 0.2) is 0 Å². The van der Waals surface area contributed by atoms with Crippen molar-refractivity contribution < 1.29 is 0 Å². The largest absolute Gasteiger partial charge is 0.382 e. The molecule has 1 aliphatic heterocycles. The molecule has 3 aromatic rings. The molecule has 0 spiro atoms. The lowest BCUT2D eigenvalue weighted by Gasteiger charge is -2.29. The number of benzene rings is 2. The molecule has 2 N–H and O–H groups in total. The van der Waals surface area contributed by atoms with Crippen molar-refractivity contribution in [3.63, 3.8) is 0 Å². The van der Waals surface area contributed by atoms with Gasteiger partial charge >= 0.3 is 0 Å². The Morgan fingerprint density at radius 2 is 1.93 bits per heavy atom. The standard InChI is InChI=1S/C24H28ClN5/c25-23-9-8-20-10-12-26-13-11-22(20)24(23)29(16-19-4-2-1-3-5-19)30-17-21(15-28-30)27-14-18-6-7-18/h1-5,8-9,15,17-18,26-27H,6-7,10-14,16H2. The van der Waals surface area contributed by atoms with Gasteiger partial charge in [-0.25, -0.2) is 0 Å². The van der Waals surface area contributed by atoms with Crippen molar-refractivity contribution in [3.05, 3.63) is 76.6 Å². The van der Waals surface area contributed by atoms with E-state index in [4.69, 9.17) is 16.7 Å². The van der Waals surface area contributed by atoms with E-state index in [1.54, 1.807) is 0 Å². The Labute approximate surface area is 183 Å². The van der Waals surface area contributed by atoms with Gasteiger partial charge in [0.25, 0.3) is 0 Å². The average molecular weight is 422 g/mol. The minimum atomic E-state index is 0.703. The van der Waals surface area contributed by atoms with Crippen molar-refractivity contribution >= 4 is 23.0 Å². The molecule has 156 valence electrons. The van der Waals surface area contributed by atoms with Crippen molar-refractivity contribution in [2.24, 2.45) is 5.92 Å². The van der Waals surface area contributed by atoms with E-state index >= 15 is 0 Å². The molecule has 5 rings (SSSR count). The van der Waals surface area contributed by atoms with Gasteiger partial charge in [-0.1, -0.05) is 48.0 Å². The van der Waals surface area contributed by atoms with E-state index in [0.717, 1.165) is 54.8 Å². The summed E-state index contributed by atoms with van der Waals surface area (Å²) in [7, 11) is 0. The zero-order valence-corrected chi connectivity index (χ0v) is 17.9. The molecule has 6 heteroatoms. The molecule has 2 aromatic carbocycles. The summed E-state index contributed by atoms with van der Waals surface area (Å²) < 4.78 is 0. The molecule has 2 aliphatic rings. The Kier molecular flexibility index (Phi) is 5.65. The van der Waals surface area contributed by atoms with Crippen molar-refractivity contribution in [1.82, 2.24) is 15.2 Å². The second-order valence-corrected chi connectivity index (χ2v) is 8.71. The summed E-state index contributed by atoms with van der Waals surface area (Å²) in [6.45, 7) is 3.70. The summed E-state index contributed by atoms with van der Waals surface area (Å²) in [5.41, 5.74) is 6.04. The first-order valence-corrected chi connectivity index (χ1v) is 11.3. The highest BCUT2D eigenvalue weighted by Gasteiger charge is 2.23. The molecule has 0 amide bonds. The Morgan fingerprint density at radius 3 is 2.77 bits per heavy atom. The molecule has 0 atom stereocenters. The van der Waals surface area contributed by atoms with Crippen LogP contribution < -0.4 is 15.6 Å². The number of nitrogens with one attached hydrogen (secondary N) is 2. The van der Waals surface area contributed by atoms with Crippen LogP contribution >= 0.6 is 11.6 Å². The lowest BCUT2D eigenvalue weighted by Crippen LogP contribution is -2.31. The van der Waals surface area contributed by atoms with Crippen molar-refractivity contribution in [3.8, 4) is 0 Å². The number of halogens is 1. The number of hydrogen-bond acceptors (Lipinski definition) is 4. The van der Waals surface area contributed by atoms with Gasteiger partial charge in [0.2, 0.25) is 0 Å². The third kappa shape index (κ3) is 4.32. The van der Waals surface area contributed by atoms with Crippen LogP contribution in [0.15, 0.2) is 54.9 Å². The van der Waals surface area contributed by atoms with Crippen LogP contribution in [0.3, 0.4) is 0 Å². The summed E-state index contributed by atoms with van der Waals surface area (Å²) in [4.78, 5) is 1.95. The lowest BCUT2D eigenvalue weighted by molar-refractivity contribution is 0.608. The van der Waals surface area contributed by atoms with Crippen LogP contribution in [0.1, 0.15) is 29.5 Å². The minimum absolute atomic E-state index is 0.703. The van der Waals surface area contributed by atoms with Gasteiger partial charge in [0.1, 0.15) is 0 Å². The molecule has 30 heavy (non-hydrogen) atoms. The predicted octanol–water partition coefficient (Wildman–Crippen LogP) is 4.52.